The molecule has 1 aliphatic heterocycles. The number of H-pyrrole nitrogens is 1. The molecule has 0 aliphatic carbocycles. The molecule has 0 amide bonds. The number of hydrogen-bond acceptors (Lipinski definition) is 6. The molecule has 3 heterocycles. The molecule has 34 heavy (non-hydrogen) atoms. The molecule has 184 valence electrons. The molecule has 1 saturated heterocycles. The third-order valence-corrected chi connectivity index (χ3v) is 5.61. The van der Waals surface area contributed by atoms with E-state index in [1.165, 1.54) is 0 Å². The number of fused-ring (bicyclic) bond motifs is 1. The highest BCUT2D eigenvalue weighted by Gasteiger charge is 2.38. The minimum Gasteiger partial charge on any atom is -0.495 e. The van der Waals surface area contributed by atoms with Crippen molar-refractivity contribution in [1.29, 1.82) is 0 Å². The largest absolute Gasteiger partial charge is 0.495 e. The number of nitrogens with zero attached hydrogens (tertiary/aromatic N) is 3. The number of aromatic nitrogens is 3. The number of hydrogen-bond donors (Lipinski definition) is 3. The number of carbonyl (C=O) groups is 1. The molecular formula is C23H28F3N5O3. The van der Waals surface area contributed by atoms with Gasteiger partial charge >= 0.3 is 12.1 Å². The van der Waals surface area contributed by atoms with E-state index in [2.05, 4.69) is 45.3 Å². The van der Waals surface area contributed by atoms with Crippen LogP contribution in [0.4, 0.5) is 19.1 Å². The van der Waals surface area contributed by atoms with Crippen LogP contribution < -0.4 is 15.0 Å². The lowest BCUT2D eigenvalue weighted by molar-refractivity contribution is -0.192. The molecule has 3 N–H and O–H groups in total. The molecule has 2 aromatic heterocycles. The molecule has 1 atom stereocenters. The zero-order valence-electron chi connectivity index (χ0n) is 19.0. The van der Waals surface area contributed by atoms with Gasteiger partial charge in [-0.15, -0.1) is 0 Å². The molecule has 1 fully saturated rings. The highest BCUT2D eigenvalue weighted by molar-refractivity contribution is 5.77. The summed E-state index contributed by atoms with van der Waals surface area (Å²) in [4.78, 5) is 24.0. The van der Waals surface area contributed by atoms with Gasteiger partial charge in [-0.1, -0.05) is 19.1 Å². The van der Waals surface area contributed by atoms with E-state index in [1.807, 2.05) is 18.2 Å². The van der Waals surface area contributed by atoms with E-state index in [4.69, 9.17) is 19.6 Å². The molecule has 1 aliphatic rings. The highest BCUT2D eigenvalue weighted by Crippen LogP contribution is 2.24. The quantitative estimate of drug-likeness (QED) is 0.484. The third-order valence-electron chi connectivity index (χ3n) is 5.61. The standard InChI is InChI=1S/C21H27N5O.C2HF3O2/c1-3-17(18-9-8-16(27-2)14-22-18)23-15-10-12-26(13-11-15)21-24-19-6-4-5-7-20(19)25-21;3-2(4,5)1(6)7/h4-9,14-15,17,23H,3,10-13H2,1-2H3,(H,24,25);(H,6,7). The Morgan fingerprint density at radius 3 is 2.47 bits per heavy atom. The Labute approximate surface area is 195 Å². The van der Waals surface area contributed by atoms with Crippen molar-refractivity contribution in [3.05, 3.63) is 48.3 Å². The van der Waals surface area contributed by atoms with E-state index in [0.29, 0.717) is 6.04 Å². The summed E-state index contributed by atoms with van der Waals surface area (Å²) >= 11 is 0. The van der Waals surface area contributed by atoms with E-state index in [-0.39, 0.29) is 6.04 Å². The number of alkyl halides is 3. The molecule has 0 radical (unpaired) electrons. The van der Waals surface area contributed by atoms with E-state index in [0.717, 1.165) is 60.8 Å². The van der Waals surface area contributed by atoms with Gasteiger partial charge in [-0.3, -0.25) is 4.98 Å². The van der Waals surface area contributed by atoms with Gasteiger partial charge in [0.2, 0.25) is 5.95 Å². The number of anilines is 1. The van der Waals surface area contributed by atoms with Crippen LogP contribution in [0.2, 0.25) is 0 Å². The molecule has 3 aromatic rings. The van der Waals surface area contributed by atoms with Gasteiger partial charge in [0.15, 0.2) is 0 Å². The summed E-state index contributed by atoms with van der Waals surface area (Å²) < 4.78 is 36.9. The number of para-hydroxylation sites is 2. The number of nitrogens with one attached hydrogen (secondary N) is 2. The van der Waals surface area contributed by atoms with Crippen molar-refractivity contribution in [1.82, 2.24) is 20.3 Å². The van der Waals surface area contributed by atoms with Crippen molar-refractivity contribution in [2.24, 2.45) is 0 Å². The number of rotatable bonds is 6. The van der Waals surface area contributed by atoms with Gasteiger partial charge in [0, 0.05) is 25.2 Å². The fraction of sp³-hybridized carbons (Fsp3) is 0.435. The average Bonchev–Trinajstić information content (AvgIpc) is 3.27. The van der Waals surface area contributed by atoms with Gasteiger partial charge in [0.05, 0.1) is 30.0 Å². The van der Waals surface area contributed by atoms with Crippen molar-refractivity contribution in [3.63, 3.8) is 0 Å². The first-order valence-corrected chi connectivity index (χ1v) is 11.0. The van der Waals surface area contributed by atoms with Crippen LogP contribution in [0.3, 0.4) is 0 Å². The molecule has 1 aromatic carbocycles. The molecule has 4 rings (SSSR count). The zero-order chi connectivity index (χ0) is 24.7. The van der Waals surface area contributed by atoms with E-state index in [1.54, 1.807) is 13.3 Å². The van der Waals surface area contributed by atoms with Gasteiger partial charge in [0.1, 0.15) is 5.75 Å². The van der Waals surface area contributed by atoms with Gasteiger partial charge in [0.25, 0.3) is 0 Å². The molecule has 8 nitrogen and oxygen atoms in total. The maximum atomic E-state index is 10.6. The monoisotopic (exact) mass is 479 g/mol. The highest BCUT2D eigenvalue weighted by atomic mass is 19.4. The van der Waals surface area contributed by atoms with Crippen molar-refractivity contribution in [2.75, 3.05) is 25.1 Å². The molecule has 1 unspecified atom stereocenters. The Morgan fingerprint density at radius 2 is 1.94 bits per heavy atom. The molecule has 0 bridgehead atoms. The summed E-state index contributed by atoms with van der Waals surface area (Å²) in [5.41, 5.74) is 3.21. The number of carboxylic acids is 1. The number of carboxylic acid groups (broad SMARTS) is 1. The van der Waals surface area contributed by atoms with Gasteiger partial charge < -0.3 is 25.0 Å². The van der Waals surface area contributed by atoms with Crippen LogP contribution in [0.5, 0.6) is 5.75 Å². The topological polar surface area (TPSA) is 103 Å². The summed E-state index contributed by atoms with van der Waals surface area (Å²) in [6.07, 6.45) is -0.0691. The van der Waals surface area contributed by atoms with Crippen LogP contribution in [-0.4, -0.2) is 58.4 Å². The van der Waals surface area contributed by atoms with Gasteiger partial charge in [-0.25, -0.2) is 9.78 Å². The summed E-state index contributed by atoms with van der Waals surface area (Å²) in [5, 5.41) is 10.9. The maximum Gasteiger partial charge on any atom is 0.490 e. The number of halogens is 3. The third kappa shape index (κ3) is 6.60. The van der Waals surface area contributed by atoms with E-state index in [9.17, 15) is 13.2 Å². The first-order chi connectivity index (χ1) is 16.2. The fourth-order valence-corrected chi connectivity index (χ4v) is 3.76. The predicted octanol–water partition coefficient (Wildman–Crippen LogP) is 4.31. The SMILES string of the molecule is CCC(NC1CCN(c2nc3ccccc3[nH]2)CC1)c1ccc(OC)cn1.O=C(O)C(F)(F)F. The van der Waals surface area contributed by atoms with Crippen LogP contribution in [0, 0.1) is 0 Å². The first-order valence-electron chi connectivity index (χ1n) is 11.0. The molecular weight excluding hydrogens is 451 g/mol. The Balaban J connectivity index is 0.000000406. The fourth-order valence-electron chi connectivity index (χ4n) is 3.76. The smallest absolute Gasteiger partial charge is 0.490 e. The molecule has 11 heteroatoms. The Bertz CT molecular complexity index is 1030. The minimum absolute atomic E-state index is 0.277. The van der Waals surface area contributed by atoms with E-state index >= 15 is 0 Å². The van der Waals surface area contributed by atoms with Gasteiger partial charge in [-0.05, 0) is 43.5 Å². The van der Waals surface area contributed by atoms with Crippen LogP contribution in [-0.2, 0) is 4.79 Å². The second-order valence-electron chi connectivity index (χ2n) is 7.89. The van der Waals surface area contributed by atoms with Crippen molar-refractivity contribution < 1.29 is 27.8 Å². The lowest BCUT2D eigenvalue weighted by atomic mass is 10.0. The van der Waals surface area contributed by atoms with Crippen molar-refractivity contribution in [2.45, 2.75) is 44.4 Å². The predicted molar refractivity (Wildman–Crippen MR) is 122 cm³/mol. The van der Waals surface area contributed by atoms with Crippen LogP contribution in [0.25, 0.3) is 11.0 Å². The number of piperidine rings is 1. The number of pyridine rings is 1. The van der Waals surface area contributed by atoms with Crippen molar-refractivity contribution in [3.8, 4) is 5.75 Å². The number of aromatic amines is 1. The Hall–Kier alpha value is -3.34. The molecule has 0 saturated carbocycles. The van der Waals surface area contributed by atoms with Crippen LogP contribution in [0.1, 0.15) is 37.9 Å². The van der Waals surface area contributed by atoms with E-state index < -0.39 is 12.1 Å². The van der Waals surface area contributed by atoms with Gasteiger partial charge in [-0.2, -0.15) is 13.2 Å². The number of aliphatic carboxylic acids is 1. The lowest BCUT2D eigenvalue weighted by Crippen LogP contribution is -2.44. The second kappa shape index (κ2) is 11.2. The minimum atomic E-state index is -5.08. The first kappa shape index (κ1) is 25.3. The summed E-state index contributed by atoms with van der Waals surface area (Å²) in [5.74, 6) is -0.973. The molecule has 0 spiro atoms. The summed E-state index contributed by atoms with van der Waals surface area (Å²) in [6, 6.07) is 13.0. The van der Waals surface area contributed by atoms with Crippen molar-refractivity contribution >= 4 is 23.0 Å². The average molecular weight is 480 g/mol. The zero-order valence-corrected chi connectivity index (χ0v) is 19.0. The Kier molecular flexibility index (Phi) is 8.32. The summed E-state index contributed by atoms with van der Waals surface area (Å²) in [7, 11) is 1.67. The Morgan fingerprint density at radius 1 is 1.26 bits per heavy atom. The van der Waals surface area contributed by atoms with Crippen LogP contribution in [0.15, 0.2) is 42.6 Å². The number of benzene rings is 1. The number of imidazole rings is 1. The normalized spacial score (nSPS) is 15.5. The second-order valence-corrected chi connectivity index (χ2v) is 7.89. The maximum absolute atomic E-state index is 10.6. The number of methoxy groups -OCH3 is 1. The lowest BCUT2D eigenvalue weighted by Gasteiger charge is -2.34. The van der Waals surface area contributed by atoms with Crippen LogP contribution >= 0.6 is 0 Å². The number of ether oxygens (including phenoxy) is 1. The summed E-state index contributed by atoms with van der Waals surface area (Å²) in [6.45, 7) is 4.21.